The molecular formula is C12H14FNO3. The fourth-order valence-corrected chi connectivity index (χ4v) is 2.07. The second-order valence-electron chi connectivity index (χ2n) is 4.17. The predicted molar refractivity (Wildman–Crippen MR) is 59.8 cm³/mol. The zero-order valence-electron chi connectivity index (χ0n) is 9.44. The van der Waals surface area contributed by atoms with Crippen LogP contribution < -0.4 is 10.1 Å². The monoisotopic (exact) mass is 239 g/mol. The van der Waals surface area contributed by atoms with Gasteiger partial charge in [0.1, 0.15) is 11.6 Å². The predicted octanol–water partition coefficient (Wildman–Crippen LogP) is 2.21. The van der Waals surface area contributed by atoms with Crippen LogP contribution in [0.3, 0.4) is 0 Å². The third-order valence-electron chi connectivity index (χ3n) is 3.03. The van der Waals surface area contributed by atoms with Gasteiger partial charge in [0.2, 0.25) is 0 Å². The highest BCUT2D eigenvalue weighted by Crippen LogP contribution is 2.50. The third-order valence-corrected chi connectivity index (χ3v) is 3.03. The van der Waals surface area contributed by atoms with E-state index in [1.165, 1.54) is 12.1 Å². The summed E-state index contributed by atoms with van der Waals surface area (Å²) in [7, 11) is 1.55. The smallest absolute Gasteiger partial charge is 0.404 e. The molecule has 1 fully saturated rings. The summed E-state index contributed by atoms with van der Waals surface area (Å²) in [5.74, 6) is 0.793. The highest BCUT2D eigenvalue weighted by atomic mass is 19.1. The van der Waals surface area contributed by atoms with Gasteiger partial charge in [-0.2, -0.15) is 0 Å². The van der Waals surface area contributed by atoms with Crippen molar-refractivity contribution in [1.29, 1.82) is 0 Å². The Bertz CT molecular complexity index is 436. The maximum atomic E-state index is 13.1. The van der Waals surface area contributed by atoms with Crippen molar-refractivity contribution in [3.63, 3.8) is 0 Å². The molecule has 1 aliphatic rings. The average Bonchev–Trinajstić information content (AvgIpc) is 3.05. The first kappa shape index (κ1) is 11.7. The van der Waals surface area contributed by atoms with Crippen LogP contribution in [0, 0.1) is 11.7 Å². The first-order valence-electron chi connectivity index (χ1n) is 5.42. The number of nitrogens with one attached hydrogen (secondary N) is 1. The standard InChI is InChI=1S/C12H14FNO3/c1-17-11-3-2-8(13)5-10(11)9-4-7(9)6-14-12(15)16/h2-3,5,7,9,14H,4,6H2,1H3,(H,15,16)/t7-,9+/m1/s1. The zero-order valence-corrected chi connectivity index (χ0v) is 9.44. The van der Waals surface area contributed by atoms with Gasteiger partial charge in [0, 0.05) is 12.1 Å². The minimum atomic E-state index is -1.03. The Kier molecular flexibility index (Phi) is 3.17. The van der Waals surface area contributed by atoms with E-state index in [1.54, 1.807) is 13.2 Å². The van der Waals surface area contributed by atoms with Crippen molar-refractivity contribution in [2.45, 2.75) is 12.3 Å². The van der Waals surface area contributed by atoms with Crippen LogP contribution in [-0.2, 0) is 0 Å². The molecule has 1 amide bonds. The number of ether oxygens (including phenoxy) is 1. The molecule has 0 spiro atoms. The molecule has 0 aromatic heterocycles. The van der Waals surface area contributed by atoms with Gasteiger partial charge in [0.05, 0.1) is 7.11 Å². The van der Waals surface area contributed by atoms with E-state index < -0.39 is 6.09 Å². The molecule has 1 saturated carbocycles. The van der Waals surface area contributed by atoms with Gasteiger partial charge in [0.15, 0.2) is 0 Å². The summed E-state index contributed by atoms with van der Waals surface area (Å²) >= 11 is 0. The van der Waals surface area contributed by atoms with Gasteiger partial charge in [-0.05, 0) is 36.5 Å². The molecule has 92 valence electrons. The van der Waals surface area contributed by atoms with E-state index in [4.69, 9.17) is 9.84 Å². The SMILES string of the molecule is COc1ccc(F)cc1[C@H]1C[C@@H]1CNC(=O)O. The number of carbonyl (C=O) groups is 1. The van der Waals surface area contributed by atoms with Crippen LogP contribution >= 0.6 is 0 Å². The Balaban J connectivity index is 2.04. The van der Waals surface area contributed by atoms with Gasteiger partial charge >= 0.3 is 6.09 Å². The van der Waals surface area contributed by atoms with E-state index in [-0.39, 0.29) is 17.7 Å². The lowest BCUT2D eigenvalue weighted by atomic mass is 10.1. The molecule has 2 atom stereocenters. The molecule has 0 unspecified atom stereocenters. The summed E-state index contributed by atoms with van der Waals surface area (Å²) in [5, 5.41) is 10.8. The number of carboxylic acid groups (broad SMARTS) is 1. The maximum absolute atomic E-state index is 13.1. The van der Waals surface area contributed by atoms with Crippen molar-refractivity contribution >= 4 is 6.09 Å². The summed E-state index contributed by atoms with van der Waals surface area (Å²) in [6.45, 7) is 0.402. The van der Waals surface area contributed by atoms with Crippen LogP contribution in [0.5, 0.6) is 5.75 Å². The van der Waals surface area contributed by atoms with Crippen molar-refractivity contribution in [3.8, 4) is 5.75 Å². The summed E-state index contributed by atoms with van der Waals surface area (Å²) in [4.78, 5) is 10.4. The number of halogens is 1. The molecule has 4 nitrogen and oxygen atoms in total. The Morgan fingerprint density at radius 3 is 3.06 bits per heavy atom. The van der Waals surface area contributed by atoms with Crippen molar-refractivity contribution in [2.75, 3.05) is 13.7 Å². The molecular weight excluding hydrogens is 225 g/mol. The highest BCUT2D eigenvalue weighted by molar-refractivity contribution is 5.64. The van der Waals surface area contributed by atoms with E-state index in [2.05, 4.69) is 5.32 Å². The second-order valence-corrected chi connectivity index (χ2v) is 4.17. The Morgan fingerprint density at radius 1 is 1.65 bits per heavy atom. The molecule has 17 heavy (non-hydrogen) atoms. The minimum Gasteiger partial charge on any atom is -0.496 e. The van der Waals surface area contributed by atoms with Crippen molar-refractivity contribution in [2.24, 2.45) is 5.92 Å². The molecule has 0 bridgehead atoms. The first-order valence-corrected chi connectivity index (χ1v) is 5.42. The number of rotatable bonds is 4. The Morgan fingerprint density at radius 2 is 2.41 bits per heavy atom. The largest absolute Gasteiger partial charge is 0.496 e. The molecule has 5 heteroatoms. The number of amides is 1. The van der Waals surface area contributed by atoms with E-state index in [1.807, 2.05) is 0 Å². The molecule has 0 heterocycles. The van der Waals surface area contributed by atoms with E-state index in [0.717, 1.165) is 12.0 Å². The average molecular weight is 239 g/mol. The molecule has 2 rings (SSSR count). The Hall–Kier alpha value is -1.78. The number of hydrogen-bond acceptors (Lipinski definition) is 2. The summed E-state index contributed by atoms with van der Waals surface area (Å²) in [5.41, 5.74) is 0.824. The molecule has 0 saturated heterocycles. The quantitative estimate of drug-likeness (QED) is 0.846. The minimum absolute atomic E-state index is 0.187. The lowest BCUT2D eigenvalue weighted by Gasteiger charge is -2.08. The van der Waals surface area contributed by atoms with Crippen LogP contribution in [0.15, 0.2) is 18.2 Å². The molecule has 1 aliphatic carbocycles. The van der Waals surface area contributed by atoms with E-state index in [9.17, 15) is 9.18 Å². The van der Waals surface area contributed by atoms with Gasteiger partial charge in [-0.15, -0.1) is 0 Å². The maximum Gasteiger partial charge on any atom is 0.404 e. The fourth-order valence-electron chi connectivity index (χ4n) is 2.07. The number of hydrogen-bond donors (Lipinski definition) is 2. The van der Waals surface area contributed by atoms with Crippen LogP contribution in [0.25, 0.3) is 0 Å². The first-order chi connectivity index (χ1) is 8.11. The topological polar surface area (TPSA) is 58.6 Å². The summed E-state index contributed by atoms with van der Waals surface area (Å²) in [6.07, 6.45) is -0.165. The van der Waals surface area contributed by atoms with E-state index in [0.29, 0.717) is 12.3 Å². The van der Waals surface area contributed by atoms with Gasteiger partial charge in [-0.3, -0.25) is 0 Å². The highest BCUT2D eigenvalue weighted by Gasteiger charge is 2.40. The van der Waals surface area contributed by atoms with Crippen molar-refractivity contribution in [3.05, 3.63) is 29.6 Å². The molecule has 1 aromatic carbocycles. The molecule has 2 N–H and O–H groups in total. The van der Waals surface area contributed by atoms with Crippen molar-refractivity contribution in [1.82, 2.24) is 5.32 Å². The van der Waals surface area contributed by atoms with Gasteiger partial charge in [-0.1, -0.05) is 0 Å². The van der Waals surface area contributed by atoms with E-state index >= 15 is 0 Å². The zero-order chi connectivity index (χ0) is 12.4. The van der Waals surface area contributed by atoms with Gasteiger partial charge in [-0.25, -0.2) is 9.18 Å². The fraction of sp³-hybridized carbons (Fsp3) is 0.417. The van der Waals surface area contributed by atoms with Gasteiger partial charge in [0.25, 0.3) is 0 Å². The summed E-state index contributed by atoms with van der Waals surface area (Å²) < 4.78 is 18.3. The number of benzene rings is 1. The van der Waals surface area contributed by atoms with Crippen LogP contribution in [0.1, 0.15) is 17.9 Å². The van der Waals surface area contributed by atoms with Crippen LogP contribution in [0.4, 0.5) is 9.18 Å². The second kappa shape index (κ2) is 4.61. The molecule has 0 radical (unpaired) electrons. The van der Waals surface area contributed by atoms with Crippen molar-refractivity contribution < 1.29 is 19.0 Å². The lowest BCUT2D eigenvalue weighted by molar-refractivity contribution is 0.194. The molecule has 1 aromatic rings. The van der Waals surface area contributed by atoms with Crippen LogP contribution in [-0.4, -0.2) is 24.9 Å². The third kappa shape index (κ3) is 2.67. The summed E-state index contributed by atoms with van der Waals surface area (Å²) in [6, 6.07) is 4.42. The number of methoxy groups -OCH3 is 1. The van der Waals surface area contributed by atoms with Crippen LogP contribution in [0.2, 0.25) is 0 Å². The molecule has 0 aliphatic heterocycles. The normalized spacial score (nSPS) is 22.0. The lowest BCUT2D eigenvalue weighted by Crippen LogP contribution is -2.23. The van der Waals surface area contributed by atoms with Gasteiger partial charge < -0.3 is 15.2 Å². The Labute approximate surface area is 98.4 Å².